The summed E-state index contributed by atoms with van der Waals surface area (Å²) in [5.41, 5.74) is 2.07. The summed E-state index contributed by atoms with van der Waals surface area (Å²) in [5, 5.41) is 2.20. The summed E-state index contributed by atoms with van der Waals surface area (Å²) in [7, 11) is 0. The van der Waals surface area contributed by atoms with Gasteiger partial charge in [0.2, 0.25) is 0 Å². The van der Waals surface area contributed by atoms with E-state index in [9.17, 15) is 4.79 Å². The van der Waals surface area contributed by atoms with Gasteiger partial charge in [0.25, 0.3) is 5.91 Å². The Bertz CT molecular complexity index is 919. The van der Waals surface area contributed by atoms with E-state index in [1.807, 2.05) is 48.5 Å². The number of nitrogens with zero attached hydrogens (tertiary/aromatic N) is 3. The number of carbonyl (C=O) groups excluding carboxylic acids is 1. The molecule has 0 radical (unpaired) electrons. The van der Waals surface area contributed by atoms with Crippen LogP contribution < -0.4 is 4.90 Å². The number of amidine groups is 1. The lowest BCUT2D eigenvalue weighted by atomic mass is 10.2. The molecule has 0 N–H and O–H groups in total. The number of aliphatic imine (C=N–C) groups is 1. The Morgan fingerprint density at radius 3 is 2.33 bits per heavy atom. The number of hydrogen-bond acceptors (Lipinski definition) is 4. The third-order valence-corrected chi connectivity index (χ3v) is 6.03. The van der Waals surface area contributed by atoms with E-state index in [0.717, 1.165) is 47.6 Å². The SMILES string of the molecule is O=C1N=C(N2CCN(c3cccc(Cl)c3)CC2)S/C1=C\c1ccc(Cl)cc1. The maximum absolute atomic E-state index is 12.3. The first-order valence-electron chi connectivity index (χ1n) is 8.62. The van der Waals surface area contributed by atoms with Crippen molar-refractivity contribution in [2.24, 2.45) is 4.99 Å². The highest BCUT2D eigenvalue weighted by molar-refractivity contribution is 8.18. The van der Waals surface area contributed by atoms with Crippen molar-refractivity contribution in [3.05, 3.63) is 69.0 Å². The molecule has 0 atom stereocenters. The van der Waals surface area contributed by atoms with E-state index in [-0.39, 0.29) is 5.91 Å². The number of rotatable bonds is 2. The molecule has 0 unspecified atom stereocenters. The summed E-state index contributed by atoms with van der Waals surface area (Å²) in [6.45, 7) is 3.37. The molecule has 1 amide bonds. The molecule has 2 heterocycles. The number of amides is 1. The Morgan fingerprint density at radius 2 is 1.63 bits per heavy atom. The third kappa shape index (κ3) is 4.32. The van der Waals surface area contributed by atoms with Gasteiger partial charge < -0.3 is 9.80 Å². The van der Waals surface area contributed by atoms with Crippen LogP contribution in [0.5, 0.6) is 0 Å². The molecule has 2 aromatic rings. The Hall–Kier alpha value is -1.95. The monoisotopic (exact) mass is 417 g/mol. The molecule has 0 aliphatic carbocycles. The lowest BCUT2D eigenvalue weighted by molar-refractivity contribution is -0.113. The molecule has 4 rings (SSSR count). The van der Waals surface area contributed by atoms with E-state index < -0.39 is 0 Å². The van der Waals surface area contributed by atoms with Crippen LogP contribution in [0.1, 0.15) is 5.56 Å². The van der Waals surface area contributed by atoms with Crippen molar-refractivity contribution in [2.75, 3.05) is 31.1 Å². The van der Waals surface area contributed by atoms with Gasteiger partial charge in [-0.1, -0.05) is 41.4 Å². The van der Waals surface area contributed by atoms with Crippen LogP contribution in [0.25, 0.3) is 6.08 Å². The lowest BCUT2D eigenvalue weighted by Gasteiger charge is -2.36. The van der Waals surface area contributed by atoms with Crippen molar-refractivity contribution in [3.8, 4) is 0 Å². The van der Waals surface area contributed by atoms with Crippen molar-refractivity contribution >= 4 is 57.8 Å². The molecule has 4 nitrogen and oxygen atoms in total. The van der Waals surface area contributed by atoms with Gasteiger partial charge in [-0.15, -0.1) is 0 Å². The Labute approximate surface area is 172 Å². The summed E-state index contributed by atoms with van der Waals surface area (Å²) in [4.78, 5) is 21.6. The minimum absolute atomic E-state index is 0.178. The van der Waals surface area contributed by atoms with E-state index >= 15 is 0 Å². The molecule has 0 bridgehead atoms. The fraction of sp³-hybridized carbons (Fsp3) is 0.200. The second-order valence-corrected chi connectivity index (χ2v) is 8.20. The zero-order valence-corrected chi connectivity index (χ0v) is 16.8. The van der Waals surface area contributed by atoms with E-state index in [4.69, 9.17) is 23.2 Å². The Balaban J connectivity index is 1.40. The molecule has 0 aromatic heterocycles. The van der Waals surface area contributed by atoms with Crippen LogP contribution in [0.3, 0.4) is 0 Å². The van der Waals surface area contributed by atoms with Crippen LogP contribution in [0.2, 0.25) is 10.0 Å². The zero-order chi connectivity index (χ0) is 18.8. The molecule has 2 aromatic carbocycles. The van der Waals surface area contributed by atoms with Gasteiger partial charge in [-0.25, -0.2) is 0 Å². The van der Waals surface area contributed by atoms with Crippen LogP contribution in [0, 0.1) is 0 Å². The number of halogens is 2. The number of thioether (sulfide) groups is 1. The maximum Gasteiger partial charge on any atom is 0.286 e. The van der Waals surface area contributed by atoms with Gasteiger partial charge in [0.15, 0.2) is 5.17 Å². The first kappa shape index (κ1) is 18.4. The number of piperazine rings is 1. The number of hydrogen-bond donors (Lipinski definition) is 0. The largest absolute Gasteiger partial charge is 0.368 e. The predicted molar refractivity (Wildman–Crippen MR) is 115 cm³/mol. The van der Waals surface area contributed by atoms with Crippen LogP contribution in [-0.2, 0) is 4.79 Å². The third-order valence-electron chi connectivity index (χ3n) is 4.50. The average molecular weight is 418 g/mol. The number of carbonyl (C=O) groups is 1. The van der Waals surface area contributed by atoms with E-state index in [1.54, 1.807) is 0 Å². The second kappa shape index (κ2) is 7.97. The molecule has 138 valence electrons. The maximum atomic E-state index is 12.3. The van der Waals surface area contributed by atoms with Gasteiger partial charge in [0, 0.05) is 41.9 Å². The molecule has 7 heteroatoms. The van der Waals surface area contributed by atoms with Crippen molar-refractivity contribution < 1.29 is 4.79 Å². The van der Waals surface area contributed by atoms with Gasteiger partial charge in [0.05, 0.1) is 4.91 Å². The quantitative estimate of drug-likeness (QED) is 0.658. The molecular weight excluding hydrogens is 401 g/mol. The zero-order valence-electron chi connectivity index (χ0n) is 14.4. The fourth-order valence-electron chi connectivity index (χ4n) is 3.07. The van der Waals surface area contributed by atoms with Gasteiger partial charge in [-0.2, -0.15) is 4.99 Å². The highest BCUT2D eigenvalue weighted by atomic mass is 35.5. The lowest BCUT2D eigenvalue weighted by Crippen LogP contribution is -2.47. The molecule has 27 heavy (non-hydrogen) atoms. The summed E-state index contributed by atoms with van der Waals surface area (Å²) in [5.74, 6) is -0.178. The number of benzene rings is 2. The molecule has 0 spiro atoms. The summed E-state index contributed by atoms with van der Waals surface area (Å²) in [6, 6.07) is 15.3. The van der Waals surface area contributed by atoms with E-state index in [0.29, 0.717) is 9.93 Å². The minimum atomic E-state index is -0.178. The van der Waals surface area contributed by atoms with Crippen LogP contribution >= 0.6 is 35.0 Å². The van der Waals surface area contributed by atoms with Crippen molar-refractivity contribution in [2.45, 2.75) is 0 Å². The van der Waals surface area contributed by atoms with Crippen molar-refractivity contribution in [3.63, 3.8) is 0 Å². The smallest absolute Gasteiger partial charge is 0.286 e. The predicted octanol–water partition coefficient (Wildman–Crippen LogP) is 4.79. The number of anilines is 1. The summed E-state index contributed by atoms with van der Waals surface area (Å²) in [6.07, 6.45) is 1.86. The normalized spacial score (nSPS) is 19.0. The highest BCUT2D eigenvalue weighted by Crippen LogP contribution is 2.31. The van der Waals surface area contributed by atoms with Gasteiger partial charge >= 0.3 is 0 Å². The van der Waals surface area contributed by atoms with Gasteiger partial charge in [-0.05, 0) is 53.7 Å². The second-order valence-electron chi connectivity index (χ2n) is 6.32. The van der Waals surface area contributed by atoms with Crippen molar-refractivity contribution in [1.82, 2.24) is 4.90 Å². The molecule has 1 saturated heterocycles. The Morgan fingerprint density at radius 1 is 0.926 bits per heavy atom. The standard InChI is InChI=1S/C20H17Cl2N3OS/c21-15-6-4-14(5-7-15)12-18-19(26)23-20(27-18)25-10-8-24(9-11-25)17-3-1-2-16(22)13-17/h1-7,12-13H,8-11H2/b18-12-. The van der Waals surface area contributed by atoms with Crippen LogP contribution in [0.15, 0.2) is 58.4 Å². The highest BCUT2D eigenvalue weighted by Gasteiger charge is 2.28. The average Bonchev–Trinajstić information content (AvgIpc) is 3.04. The first-order valence-corrected chi connectivity index (χ1v) is 10.2. The summed E-state index contributed by atoms with van der Waals surface area (Å²) < 4.78 is 0. The molecule has 0 saturated carbocycles. The summed E-state index contributed by atoms with van der Waals surface area (Å²) >= 11 is 13.4. The van der Waals surface area contributed by atoms with E-state index in [2.05, 4.69) is 20.9 Å². The fourth-order valence-corrected chi connectivity index (χ4v) is 4.35. The van der Waals surface area contributed by atoms with Gasteiger partial charge in [-0.3, -0.25) is 4.79 Å². The molecule has 2 aliphatic heterocycles. The Kier molecular flexibility index (Phi) is 5.43. The topological polar surface area (TPSA) is 35.9 Å². The van der Waals surface area contributed by atoms with Crippen molar-refractivity contribution in [1.29, 1.82) is 0 Å². The van der Waals surface area contributed by atoms with Crippen LogP contribution in [0.4, 0.5) is 5.69 Å². The first-order chi connectivity index (χ1) is 13.1. The van der Waals surface area contributed by atoms with E-state index in [1.165, 1.54) is 11.8 Å². The molecule has 2 aliphatic rings. The molecule has 1 fully saturated rings. The molecular formula is C20H17Cl2N3OS. The minimum Gasteiger partial charge on any atom is -0.368 e. The van der Waals surface area contributed by atoms with Gasteiger partial charge in [0.1, 0.15) is 0 Å². The van der Waals surface area contributed by atoms with Crippen LogP contribution in [-0.4, -0.2) is 42.2 Å².